The van der Waals surface area contributed by atoms with Crippen molar-refractivity contribution in [3.05, 3.63) is 94.0 Å². The number of halogens is 2. The van der Waals surface area contributed by atoms with Crippen LogP contribution in [0.4, 0.5) is 0 Å². The van der Waals surface area contributed by atoms with Crippen molar-refractivity contribution >= 4 is 35.1 Å². The average molecular weight is 643 g/mol. The van der Waals surface area contributed by atoms with Crippen molar-refractivity contribution in [1.82, 2.24) is 5.32 Å². The van der Waals surface area contributed by atoms with Gasteiger partial charge in [0.25, 0.3) is 5.91 Å². The predicted molar refractivity (Wildman–Crippen MR) is 168 cm³/mol. The van der Waals surface area contributed by atoms with Gasteiger partial charge in [-0.15, -0.1) is 0 Å². The third kappa shape index (κ3) is 7.28. The highest BCUT2D eigenvalue weighted by Gasteiger charge is 2.58. The van der Waals surface area contributed by atoms with Crippen molar-refractivity contribution in [2.45, 2.75) is 89.0 Å². The number of hydrogen-bond acceptors (Lipinski definition) is 6. The molecule has 2 aliphatic heterocycles. The van der Waals surface area contributed by atoms with Crippen LogP contribution in [0.15, 0.2) is 72.8 Å². The van der Waals surface area contributed by atoms with Crippen molar-refractivity contribution in [3.63, 3.8) is 0 Å². The van der Waals surface area contributed by atoms with Crippen molar-refractivity contribution < 1.29 is 33.6 Å². The minimum absolute atomic E-state index is 0.161. The van der Waals surface area contributed by atoms with Gasteiger partial charge in [0.15, 0.2) is 23.8 Å². The molecular formula is C34H37Cl2NO7. The molecule has 8 nitrogen and oxygen atoms in total. The summed E-state index contributed by atoms with van der Waals surface area (Å²) in [5, 5.41) is 13.9. The molecule has 234 valence electrons. The molecule has 3 aromatic carbocycles. The Hall–Kier alpha value is -2.98. The highest BCUT2D eigenvalue weighted by molar-refractivity contribution is 6.42. The lowest BCUT2D eigenvalue weighted by Gasteiger charge is -2.29. The van der Waals surface area contributed by atoms with E-state index < -0.39 is 47.9 Å². The summed E-state index contributed by atoms with van der Waals surface area (Å²) in [7, 11) is 0. The van der Waals surface area contributed by atoms with Gasteiger partial charge in [-0.05, 0) is 75.4 Å². The Balaban J connectivity index is 1.41. The molecule has 2 heterocycles. The molecular weight excluding hydrogens is 605 g/mol. The number of carbonyl (C=O) groups is 2. The van der Waals surface area contributed by atoms with Gasteiger partial charge in [0.05, 0.1) is 10.0 Å². The van der Waals surface area contributed by atoms with E-state index in [-0.39, 0.29) is 12.0 Å². The first-order valence-corrected chi connectivity index (χ1v) is 15.3. The third-order valence-corrected chi connectivity index (χ3v) is 8.68. The van der Waals surface area contributed by atoms with Crippen LogP contribution in [0, 0.1) is 0 Å². The molecule has 2 N–H and O–H groups in total. The lowest BCUT2D eigenvalue weighted by molar-refractivity contribution is -0.176. The number of nitrogens with one attached hydrogen (secondary N) is 1. The van der Waals surface area contributed by atoms with Gasteiger partial charge in [0.2, 0.25) is 0 Å². The molecule has 1 amide bonds. The van der Waals surface area contributed by atoms with Crippen LogP contribution in [-0.4, -0.2) is 59.0 Å². The molecule has 0 aromatic heterocycles. The van der Waals surface area contributed by atoms with E-state index in [2.05, 4.69) is 41.7 Å². The fourth-order valence-electron chi connectivity index (χ4n) is 5.92. The summed E-state index contributed by atoms with van der Waals surface area (Å²) in [6.07, 6.45) is -3.98. The van der Waals surface area contributed by atoms with Crippen molar-refractivity contribution in [3.8, 4) is 11.1 Å². The summed E-state index contributed by atoms with van der Waals surface area (Å²) in [5.41, 5.74) is 4.16. The Morgan fingerprint density at radius 2 is 1.36 bits per heavy atom. The number of carbonyl (C=O) groups excluding carboxylic acids is 1. The topological polar surface area (TPSA) is 103 Å². The Bertz CT molecular complexity index is 1500. The molecule has 0 bridgehead atoms. The van der Waals surface area contributed by atoms with E-state index in [1.165, 1.54) is 0 Å². The van der Waals surface area contributed by atoms with Gasteiger partial charge in [-0.3, -0.25) is 4.79 Å². The summed E-state index contributed by atoms with van der Waals surface area (Å²) in [6.45, 7) is 8.53. The molecule has 44 heavy (non-hydrogen) atoms. The van der Waals surface area contributed by atoms with Crippen molar-refractivity contribution in [2.75, 3.05) is 0 Å². The SMILES string of the molecule is CC(NC(=O)[C@@H]1OC(C)(C)O[C@H]1[C@@H]1OC(C)(C)O[C@H]1C(=O)O)C(Cc1ccc(Cl)c(Cl)c1)c1ccc(-c2ccccc2)cc1. The average Bonchev–Trinajstić information content (AvgIpc) is 3.49. The molecule has 0 spiro atoms. The minimum atomic E-state index is -1.33. The van der Waals surface area contributed by atoms with E-state index in [0.29, 0.717) is 16.5 Å². The maximum Gasteiger partial charge on any atom is 0.335 e. The Labute approximate surface area is 267 Å². The smallest absolute Gasteiger partial charge is 0.335 e. The number of benzene rings is 3. The van der Waals surface area contributed by atoms with E-state index in [9.17, 15) is 14.7 Å². The van der Waals surface area contributed by atoms with Gasteiger partial charge in [-0.1, -0.05) is 83.9 Å². The van der Waals surface area contributed by atoms with Crippen LogP contribution < -0.4 is 5.32 Å². The largest absolute Gasteiger partial charge is 0.479 e. The first-order chi connectivity index (χ1) is 20.7. The Morgan fingerprint density at radius 1 is 0.795 bits per heavy atom. The molecule has 2 saturated heterocycles. The summed E-state index contributed by atoms with van der Waals surface area (Å²) in [5.74, 6) is -4.13. The van der Waals surface area contributed by atoms with Gasteiger partial charge in [0, 0.05) is 12.0 Å². The fourth-order valence-corrected chi connectivity index (χ4v) is 6.24. The summed E-state index contributed by atoms with van der Waals surface area (Å²) in [4.78, 5) is 25.9. The van der Waals surface area contributed by atoms with Crippen LogP contribution in [0.2, 0.25) is 10.0 Å². The molecule has 2 aliphatic rings. The molecule has 2 unspecified atom stereocenters. The molecule has 0 saturated carbocycles. The van der Waals surface area contributed by atoms with Crippen LogP contribution in [0.5, 0.6) is 0 Å². The van der Waals surface area contributed by atoms with E-state index in [0.717, 1.165) is 22.3 Å². The maximum atomic E-state index is 13.9. The summed E-state index contributed by atoms with van der Waals surface area (Å²) < 4.78 is 23.7. The quantitative estimate of drug-likeness (QED) is 0.271. The number of carboxylic acid groups (broad SMARTS) is 1. The first-order valence-electron chi connectivity index (χ1n) is 14.6. The van der Waals surface area contributed by atoms with E-state index in [4.69, 9.17) is 42.1 Å². The molecule has 3 aromatic rings. The normalized spacial score (nSPS) is 25.3. The number of hydrogen-bond donors (Lipinski definition) is 2. The number of rotatable bonds is 9. The van der Waals surface area contributed by atoms with Crippen LogP contribution >= 0.6 is 23.2 Å². The molecule has 6 atom stereocenters. The highest BCUT2D eigenvalue weighted by Crippen LogP contribution is 2.39. The molecule has 2 fully saturated rings. The Morgan fingerprint density at radius 3 is 1.95 bits per heavy atom. The van der Waals surface area contributed by atoms with Crippen molar-refractivity contribution in [1.29, 1.82) is 0 Å². The zero-order valence-corrected chi connectivity index (χ0v) is 26.8. The zero-order valence-electron chi connectivity index (χ0n) is 25.3. The number of carboxylic acids is 1. The highest BCUT2D eigenvalue weighted by atomic mass is 35.5. The second-order valence-electron chi connectivity index (χ2n) is 12.2. The molecule has 10 heteroatoms. The second-order valence-corrected chi connectivity index (χ2v) is 13.0. The third-order valence-electron chi connectivity index (χ3n) is 7.94. The van der Waals surface area contributed by atoms with Gasteiger partial charge in [-0.2, -0.15) is 0 Å². The Kier molecular flexibility index (Phi) is 9.42. The van der Waals surface area contributed by atoms with Crippen LogP contribution in [0.25, 0.3) is 11.1 Å². The molecule has 0 radical (unpaired) electrons. The lowest BCUT2D eigenvalue weighted by Crippen LogP contribution is -2.52. The van der Waals surface area contributed by atoms with Crippen LogP contribution in [-0.2, 0) is 35.0 Å². The molecule has 5 rings (SSSR count). The molecule has 0 aliphatic carbocycles. The number of ether oxygens (including phenoxy) is 4. The van der Waals surface area contributed by atoms with Crippen LogP contribution in [0.1, 0.15) is 51.7 Å². The number of aliphatic carboxylic acids is 1. The van der Waals surface area contributed by atoms with Gasteiger partial charge < -0.3 is 29.4 Å². The zero-order chi connectivity index (χ0) is 31.8. The van der Waals surface area contributed by atoms with E-state index in [1.807, 2.05) is 37.3 Å². The van der Waals surface area contributed by atoms with Crippen LogP contribution in [0.3, 0.4) is 0 Å². The number of amides is 1. The monoisotopic (exact) mass is 641 g/mol. The summed E-state index contributed by atoms with van der Waals surface area (Å²) >= 11 is 12.5. The standard InChI is InChI=1S/C34H37Cl2NO7/c1-19(37-31(38)29-27(41-33(2,3)43-29)28-30(32(39)40)44-34(4,5)42-28)24(17-20-11-16-25(35)26(36)18-20)23-14-12-22(13-15-23)21-9-7-6-8-10-21/h6-16,18-19,24,27-30H,17H2,1-5H3,(H,37,38)(H,39,40)/t19?,24?,27-,28-,29+,30+/m0/s1. The predicted octanol–water partition coefficient (Wildman–Crippen LogP) is 6.62. The fraction of sp³-hybridized carbons (Fsp3) is 0.412. The lowest BCUT2D eigenvalue weighted by atomic mass is 9.85. The second kappa shape index (κ2) is 12.8. The van der Waals surface area contributed by atoms with E-state index >= 15 is 0 Å². The summed E-state index contributed by atoms with van der Waals surface area (Å²) in [6, 6.07) is 23.5. The first kappa shape index (κ1) is 32.4. The minimum Gasteiger partial charge on any atom is -0.479 e. The van der Waals surface area contributed by atoms with Gasteiger partial charge >= 0.3 is 5.97 Å². The van der Waals surface area contributed by atoms with Gasteiger partial charge in [-0.25, -0.2) is 4.79 Å². The van der Waals surface area contributed by atoms with Crippen molar-refractivity contribution in [2.24, 2.45) is 0 Å². The van der Waals surface area contributed by atoms with Gasteiger partial charge in [0.1, 0.15) is 12.2 Å². The van der Waals surface area contributed by atoms with E-state index in [1.54, 1.807) is 33.8 Å². The maximum absolute atomic E-state index is 13.9.